The van der Waals surface area contributed by atoms with E-state index < -0.39 is 54.1 Å². The fraction of sp³-hybridized carbons (Fsp3) is 0.706. The van der Waals surface area contributed by atoms with Gasteiger partial charge in [-0.3, -0.25) is 19.2 Å². The van der Waals surface area contributed by atoms with Crippen LogP contribution in [-0.4, -0.2) is 77.9 Å². The van der Waals surface area contributed by atoms with Crippen molar-refractivity contribution in [2.24, 2.45) is 11.7 Å². The molecule has 158 valence electrons. The number of hydrogen-bond donors (Lipinski definition) is 5. The van der Waals surface area contributed by atoms with Crippen LogP contribution in [0.1, 0.15) is 33.1 Å². The highest BCUT2D eigenvalue weighted by Crippen LogP contribution is 2.20. The summed E-state index contributed by atoms with van der Waals surface area (Å²) in [6.07, 6.45) is 0.496. The minimum absolute atomic E-state index is 0.0544. The van der Waals surface area contributed by atoms with E-state index in [1.807, 2.05) is 0 Å². The van der Waals surface area contributed by atoms with Gasteiger partial charge in [0, 0.05) is 6.54 Å². The molecule has 1 aliphatic rings. The van der Waals surface area contributed by atoms with Crippen molar-refractivity contribution in [2.45, 2.75) is 51.2 Å². The molecule has 28 heavy (non-hydrogen) atoms. The summed E-state index contributed by atoms with van der Waals surface area (Å²) in [4.78, 5) is 61.2. The minimum Gasteiger partial charge on any atom is -0.480 e. The summed E-state index contributed by atoms with van der Waals surface area (Å²) in [6.45, 7) is 3.53. The summed E-state index contributed by atoms with van der Waals surface area (Å²) in [5.74, 6) is -3.94. The van der Waals surface area contributed by atoms with Gasteiger partial charge < -0.3 is 31.7 Å². The van der Waals surface area contributed by atoms with Gasteiger partial charge in [-0.2, -0.15) is 0 Å². The van der Waals surface area contributed by atoms with Crippen LogP contribution in [0.4, 0.5) is 0 Å². The lowest BCUT2D eigenvalue weighted by molar-refractivity contribution is -0.146. The van der Waals surface area contributed by atoms with Gasteiger partial charge in [-0.15, -0.1) is 0 Å². The van der Waals surface area contributed by atoms with Crippen LogP contribution in [0.3, 0.4) is 0 Å². The SMILES string of the molecule is CNCC(=O)N[C@@H](CC(N)=O)C(=O)N1CCC[C@H]1C(=O)N[C@H](C(=O)O)C(C)C. The molecule has 6 N–H and O–H groups in total. The third kappa shape index (κ3) is 6.48. The van der Waals surface area contributed by atoms with Gasteiger partial charge in [-0.1, -0.05) is 13.8 Å². The van der Waals surface area contributed by atoms with Crippen molar-refractivity contribution in [1.29, 1.82) is 0 Å². The number of nitrogens with zero attached hydrogens (tertiary/aromatic N) is 1. The lowest BCUT2D eigenvalue weighted by atomic mass is 10.0. The Morgan fingerprint density at radius 3 is 2.32 bits per heavy atom. The van der Waals surface area contributed by atoms with Crippen LogP contribution in [0.2, 0.25) is 0 Å². The Morgan fingerprint density at radius 1 is 1.18 bits per heavy atom. The molecule has 11 heteroatoms. The third-order valence-corrected chi connectivity index (χ3v) is 4.44. The number of carbonyl (C=O) groups is 5. The maximum Gasteiger partial charge on any atom is 0.326 e. The molecule has 0 radical (unpaired) electrons. The predicted molar refractivity (Wildman–Crippen MR) is 98.8 cm³/mol. The molecule has 1 heterocycles. The number of likely N-dealkylation sites (tertiary alicyclic amines) is 1. The van der Waals surface area contributed by atoms with E-state index >= 15 is 0 Å². The fourth-order valence-electron chi connectivity index (χ4n) is 3.07. The molecule has 0 bridgehead atoms. The van der Waals surface area contributed by atoms with Crippen LogP contribution in [0.25, 0.3) is 0 Å². The average Bonchev–Trinajstić information content (AvgIpc) is 3.07. The van der Waals surface area contributed by atoms with E-state index in [0.717, 1.165) is 0 Å². The van der Waals surface area contributed by atoms with Crippen molar-refractivity contribution in [3.8, 4) is 0 Å². The number of rotatable bonds is 10. The van der Waals surface area contributed by atoms with Crippen LogP contribution in [-0.2, 0) is 24.0 Å². The number of hydrogen-bond acceptors (Lipinski definition) is 6. The first-order valence-electron chi connectivity index (χ1n) is 9.14. The topological polar surface area (TPSA) is 171 Å². The first-order chi connectivity index (χ1) is 13.1. The maximum atomic E-state index is 12.9. The highest BCUT2D eigenvalue weighted by Gasteiger charge is 2.39. The average molecular weight is 399 g/mol. The normalized spacial score (nSPS) is 18.4. The monoisotopic (exact) mass is 399 g/mol. The smallest absolute Gasteiger partial charge is 0.326 e. The summed E-state index contributed by atoms with van der Waals surface area (Å²) in [7, 11) is 1.55. The quantitative estimate of drug-likeness (QED) is 0.277. The van der Waals surface area contributed by atoms with Gasteiger partial charge in [0.1, 0.15) is 18.1 Å². The molecule has 0 spiro atoms. The van der Waals surface area contributed by atoms with E-state index in [2.05, 4.69) is 16.0 Å². The molecule has 0 saturated carbocycles. The number of amides is 4. The highest BCUT2D eigenvalue weighted by atomic mass is 16.4. The number of carbonyl (C=O) groups excluding carboxylic acids is 4. The van der Waals surface area contributed by atoms with E-state index in [1.165, 1.54) is 4.90 Å². The zero-order valence-electron chi connectivity index (χ0n) is 16.4. The van der Waals surface area contributed by atoms with Crippen LogP contribution < -0.4 is 21.7 Å². The molecule has 0 aliphatic carbocycles. The summed E-state index contributed by atoms with van der Waals surface area (Å²) < 4.78 is 0. The zero-order chi connectivity index (χ0) is 21.4. The van der Waals surface area contributed by atoms with Crippen molar-refractivity contribution >= 4 is 29.6 Å². The number of aliphatic carboxylic acids is 1. The molecule has 0 aromatic heterocycles. The first kappa shape index (κ1) is 23.3. The van der Waals surface area contributed by atoms with Crippen molar-refractivity contribution in [3.05, 3.63) is 0 Å². The lowest BCUT2D eigenvalue weighted by Gasteiger charge is -2.29. The van der Waals surface area contributed by atoms with E-state index in [-0.39, 0.29) is 19.0 Å². The summed E-state index contributed by atoms with van der Waals surface area (Å²) >= 11 is 0. The first-order valence-corrected chi connectivity index (χ1v) is 9.14. The van der Waals surface area contributed by atoms with Gasteiger partial charge in [0.15, 0.2) is 0 Å². The third-order valence-electron chi connectivity index (χ3n) is 4.44. The Hall–Kier alpha value is -2.69. The molecule has 11 nitrogen and oxygen atoms in total. The molecule has 0 aromatic carbocycles. The minimum atomic E-state index is -1.19. The van der Waals surface area contributed by atoms with Crippen LogP contribution in [0.5, 0.6) is 0 Å². The fourth-order valence-corrected chi connectivity index (χ4v) is 3.07. The standard InChI is InChI=1S/C17H29N5O6/c1-9(2)14(17(27)28)21-15(25)11-5-4-6-22(11)16(26)10(7-12(18)23)20-13(24)8-19-3/h9-11,14,19H,4-8H2,1-3H3,(H2,18,23)(H,20,24)(H,21,25)(H,27,28)/t10-,11-,14-/m0/s1. The van der Waals surface area contributed by atoms with Crippen molar-refractivity contribution in [3.63, 3.8) is 0 Å². The molecule has 1 aliphatic heterocycles. The Balaban J connectivity index is 2.92. The Labute approximate surface area is 163 Å². The van der Waals surface area contributed by atoms with Gasteiger partial charge in [0.2, 0.25) is 23.6 Å². The molecule has 1 saturated heterocycles. The second-order valence-electron chi connectivity index (χ2n) is 7.08. The number of carboxylic acid groups (broad SMARTS) is 1. The number of nitrogens with two attached hydrogens (primary N) is 1. The lowest BCUT2D eigenvalue weighted by Crippen LogP contribution is -2.57. The predicted octanol–water partition coefficient (Wildman–Crippen LogP) is -2.22. The molecule has 0 unspecified atom stereocenters. The number of carboxylic acids is 1. The van der Waals surface area contributed by atoms with Crippen LogP contribution >= 0.6 is 0 Å². The van der Waals surface area contributed by atoms with Gasteiger partial charge in [-0.25, -0.2) is 4.79 Å². The second kappa shape index (κ2) is 10.6. The Bertz CT molecular complexity index is 623. The van der Waals surface area contributed by atoms with Crippen molar-refractivity contribution in [1.82, 2.24) is 20.9 Å². The number of likely N-dealkylation sites (N-methyl/N-ethyl adjacent to an activating group) is 1. The molecular formula is C17H29N5O6. The van der Waals surface area contributed by atoms with Crippen molar-refractivity contribution in [2.75, 3.05) is 20.1 Å². The largest absolute Gasteiger partial charge is 0.480 e. The van der Waals surface area contributed by atoms with Gasteiger partial charge in [-0.05, 0) is 25.8 Å². The van der Waals surface area contributed by atoms with E-state index in [0.29, 0.717) is 12.8 Å². The second-order valence-corrected chi connectivity index (χ2v) is 7.08. The molecule has 3 atom stereocenters. The van der Waals surface area contributed by atoms with Crippen LogP contribution in [0.15, 0.2) is 0 Å². The molecule has 1 rings (SSSR count). The van der Waals surface area contributed by atoms with Crippen LogP contribution in [0, 0.1) is 5.92 Å². The molecule has 4 amide bonds. The molecular weight excluding hydrogens is 370 g/mol. The maximum absolute atomic E-state index is 12.9. The van der Waals surface area contributed by atoms with Gasteiger partial charge in [0.25, 0.3) is 0 Å². The number of primary amides is 1. The summed E-state index contributed by atoms with van der Waals surface area (Å²) in [5.41, 5.74) is 5.19. The van der Waals surface area contributed by atoms with Gasteiger partial charge in [0.05, 0.1) is 13.0 Å². The van der Waals surface area contributed by atoms with E-state index in [4.69, 9.17) is 5.73 Å². The molecule has 0 aromatic rings. The Kier molecular flexibility index (Phi) is 8.83. The highest BCUT2D eigenvalue weighted by molar-refractivity contribution is 5.96. The molecule has 1 fully saturated rings. The summed E-state index contributed by atoms with van der Waals surface area (Å²) in [6, 6.07) is -3.14. The van der Waals surface area contributed by atoms with Gasteiger partial charge >= 0.3 is 5.97 Å². The van der Waals surface area contributed by atoms with E-state index in [1.54, 1.807) is 20.9 Å². The van der Waals surface area contributed by atoms with E-state index in [9.17, 15) is 29.1 Å². The van der Waals surface area contributed by atoms with Crippen molar-refractivity contribution < 1.29 is 29.1 Å². The zero-order valence-corrected chi connectivity index (χ0v) is 16.4. The summed E-state index contributed by atoms with van der Waals surface area (Å²) in [5, 5.41) is 16.8. The number of nitrogens with one attached hydrogen (secondary N) is 3. The Morgan fingerprint density at radius 2 is 1.82 bits per heavy atom.